The van der Waals surface area contributed by atoms with E-state index >= 15 is 0 Å². The highest BCUT2D eigenvalue weighted by Gasteiger charge is 2.35. The Kier molecular flexibility index (Phi) is 4.55. The third-order valence-electron chi connectivity index (χ3n) is 3.51. The maximum Gasteiger partial charge on any atom is 0.326 e. The molecule has 0 bridgehead atoms. The summed E-state index contributed by atoms with van der Waals surface area (Å²) in [4.78, 5) is 30.9. The summed E-state index contributed by atoms with van der Waals surface area (Å²) in [5.74, 6) is -0.926. The van der Waals surface area contributed by atoms with Gasteiger partial charge in [-0.1, -0.05) is 6.07 Å². The van der Waals surface area contributed by atoms with Crippen molar-refractivity contribution in [1.29, 1.82) is 0 Å². The number of rotatable bonds is 4. The Bertz CT molecular complexity index is 478. The lowest BCUT2D eigenvalue weighted by atomic mass is 10.2. The summed E-state index contributed by atoms with van der Waals surface area (Å²) in [6.45, 7) is 3.32. The number of aliphatic carboxylic acids is 1. The zero-order chi connectivity index (χ0) is 14.5. The maximum atomic E-state index is 12.5. The smallest absolute Gasteiger partial charge is 0.326 e. The topological polar surface area (TPSA) is 73.7 Å². The maximum absolute atomic E-state index is 12.5. The van der Waals surface area contributed by atoms with E-state index in [0.717, 1.165) is 12.1 Å². The number of urea groups is 1. The molecule has 2 heterocycles. The fourth-order valence-electron chi connectivity index (χ4n) is 2.44. The lowest BCUT2D eigenvalue weighted by Gasteiger charge is -2.29. The van der Waals surface area contributed by atoms with Gasteiger partial charge in [0.25, 0.3) is 0 Å². The lowest BCUT2D eigenvalue weighted by molar-refractivity contribution is -0.141. The zero-order valence-electron chi connectivity index (χ0n) is 11.5. The van der Waals surface area contributed by atoms with Gasteiger partial charge in [0.15, 0.2) is 0 Å². The highest BCUT2D eigenvalue weighted by molar-refractivity contribution is 5.83. The molecular weight excluding hydrogens is 258 g/mol. The van der Waals surface area contributed by atoms with Crippen molar-refractivity contribution in [2.75, 3.05) is 13.1 Å². The highest BCUT2D eigenvalue weighted by atomic mass is 16.4. The molecule has 1 aromatic heterocycles. The number of pyridine rings is 1. The van der Waals surface area contributed by atoms with Crippen LogP contribution in [0.2, 0.25) is 0 Å². The van der Waals surface area contributed by atoms with Gasteiger partial charge in [-0.05, 0) is 31.9 Å². The average molecular weight is 277 g/mol. The van der Waals surface area contributed by atoms with E-state index in [1.807, 2.05) is 25.1 Å². The van der Waals surface area contributed by atoms with Gasteiger partial charge >= 0.3 is 12.0 Å². The SMILES string of the molecule is CCN(Cc1ccccn1)C(=O)N1CCC[C@H]1C(=O)O. The van der Waals surface area contributed by atoms with Gasteiger partial charge in [0, 0.05) is 19.3 Å². The van der Waals surface area contributed by atoms with E-state index in [-0.39, 0.29) is 6.03 Å². The fraction of sp³-hybridized carbons (Fsp3) is 0.500. The van der Waals surface area contributed by atoms with E-state index in [2.05, 4.69) is 4.98 Å². The number of hydrogen-bond acceptors (Lipinski definition) is 3. The third-order valence-corrected chi connectivity index (χ3v) is 3.51. The lowest BCUT2D eigenvalue weighted by Crippen LogP contribution is -2.47. The van der Waals surface area contributed by atoms with Gasteiger partial charge in [-0.25, -0.2) is 9.59 Å². The molecule has 0 radical (unpaired) electrons. The van der Waals surface area contributed by atoms with Crippen LogP contribution in [0.5, 0.6) is 0 Å². The van der Waals surface area contributed by atoms with Crippen LogP contribution in [0.25, 0.3) is 0 Å². The normalized spacial score (nSPS) is 18.1. The van der Waals surface area contributed by atoms with Gasteiger partial charge in [-0.3, -0.25) is 4.98 Å². The molecule has 1 fully saturated rings. The Hall–Kier alpha value is -2.11. The molecule has 2 amide bonds. The molecule has 1 aromatic rings. The molecule has 108 valence electrons. The first kappa shape index (κ1) is 14.3. The molecule has 0 spiro atoms. The number of likely N-dealkylation sites (tertiary alicyclic amines) is 1. The number of hydrogen-bond donors (Lipinski definition) is 1. The molecule has 1 aliphatic rings. The third kappa shape index (κ3) is 3.07. The van der Waals surface area contributed by atoms with Crippen LogP contribution in [0, 0.1) is 0 Å². The molecule has 0 aromatic carbocycles. The first-order valence-electron chi connectivity index (χ1n) is 6.81. The van der Waals surface area contributed by atoms with Crippen LogP contribution in [0.15, 0.2) is 24.4 Å². The second-order valence-electron chi connectivity index (χ2n) is 4.81. The van der Waals surface area contributed by atoms with Gasteiger partial charge in [0.2, 0.25) is 0 Å². The van der Waals surface area contributed by atoms with Crippen LogP contribution in [0.3, 0.4) is 0 Å². The van der Waals surface area contributed by atoms with E-state index in [1.54, 1.807) is 11.1 Å². The van der Waals surface area contributed by atoms with Gasteiger partial charge in [0.05, 0.1) is 12.2 Å². The van der Waals surface area contributed by atoms with E-state index in [1.165, 1.54) is 4.90 Å². The second kappa shape index (κ2) is 6.36. The number of carbonyl (C=O) groups is 2. The largest absolute Gasteiger partial charge is 0.480 e. The van der Waals surface area contributed by atoms with E-state index in [9.17, 15) is 9.59 Å². The van der Waals surface area contributed by atoms with E-state index in [4.69, 9.17) is 5.11 Å². The standard InChI is InChI=1S/C14H19N3O3/c1-2-16(10-11-6-3-4-8-15-11)14(20)17-9-5-7-12(17)13(18)19/h3-4,6,8,12H,2,5,7,9-10H2,1H3,(H,18,19)/t12-/m0/s1. The van der Waals surface area contributed by atoms with Gasteiger partial charge in [0.1, 0.15) is 6.04 Å². The minimum absolute atomic E-state index is 0.219. The van der Waals surface area contributed by atoms with Crippen LogP contribution in [0.4, 0.5) is 4.79 Å². The summed E-state index contributed by atoms with van der Waals surface area (Å²) < 4.78 is 0. The fourth-order valence-corrected chi connectivity index (χ4v) is 2.44. The van der Waals surface area contributed by atoms with E-state index in [0.29, 0.717) is 26.1 Å². The van der Waals surface area contributed by atoms with E-state index < -0.39 is 12.0 Å². The summed E-state index contributed by atoms with van der Waals surface area (Å²) in [5, 5.41) is 9.15. The predicted molar refractivity (Wildman–Crippen MR) is 73.1 cm³/mol. The summed E-state index contributed by atoms with van der Waals surface area (Å²) in [7, 11) is 0. The van der Waals surface area contributed by atoms with Crippen molar-refractivity contribution >= 4 is 12.0 Å². The molecule has 0 aliphatic carbocycles. The molecule has 1 atom stereocenters. The van der Waals surface area contributed by atoms with Crippen LogP contribution in [0.1, 0.15) is 25.5 Å². The first-order valence-corrected chi connectivity index (χ1v) is 6.81. The second-order valence-corrected chi connectivity index (χ2v) is 4.81. The zero-order valence-corrected chi connectivity index (χ0v) is 11.5. The number of aromatic nitrogens is 1. The number of nitrogens with zero attached hydrogens (tertiary/aromatic N) is 3. The molecule has 1 saturated heterocycles. The van der Waals surface area contributed by atoms with Crippen molar-refractivity contribution in [3.8, 4) is 0 Å². The van der Waals surface area contributed by atoms with Crippen molar-refractivity contribution < 1.29 is 14.7 Å². The Morgan fingerprint density at radius 1 is 1.50 bits per heavy atom. The van der Waals surface area contributed by atoms with Crippen LogP contribution >= 0.6 is 0 Å². The van der Waals surface area contributed by atoms with Crippen molar-refractivity contribution in [2.45, 2.75) is 32.4 Å². The number of carboxylic acids is 1. The van der Waals surface area contributed by atoms with Crippen LogP contribution in [-0.4, -0.2) is 51.0 Å². The first-order chi connectivity index (χ1) is 9.63. The average Bonchev–Trinajstić information content (AvgIpc) is 2.94. The van der Waals surface area contributed by atoms with Gasteiger partial charge in [-0.2, -0.15) is 0 Å². The highest BCUT2D eigenvalue weighted by Crippen LogP contribution is 2.20. The summed E-state index contributed by atoms with van der Waals surface area (Å²) in [6.07, 6.45) is 2.95. The monoisotopic (exact) mass is 277 g/mol. The number of carboxylic acid groups (broad SMARTS) is 1. The molecule has 1 N–H and O–H groups in total. The minimum Gasteiger partial charge on any atom is -0.480 e. The van der Waals surface area contributed by atoms with Crippen molar-refractivity contribution in [3.63, 3.8) is 0 Å². The minimum atomic E-state index is -0.926. The molecule has 1 aliphatic heterocycles. The molecule has 6 nitrogen and oxygen atoms in total. The molecule has 20 heavy (non-hydrogen) atoms. The summed E-state index contributed by atoms with van der Waals surface area (Å²) in [5.41, 5.74) is 0.800. The predicted octanol–water partition coefficient (Wildman–Crippen LogP) is 1.57. The van der Waals surface area contributed by atoms with Gasteiger partial charge < -0.3 is 14.9 Å². The van der Waals surface area contributed by atoms with Crippen molar-refractivity contribution in [3.05, 3.63) is 30.1 Å². The summed E-state index contributed by atoms with van der Waals surface area (Å²) >= 11 is 0. The summed E-state index contributed by atoms with van der Waals surface area (Å²) in [6, 6.07) is 4.64. The Labute approximate surface area is 118 Å². The number of carbonyl (C=O) groups excluding carboxylic acids is 1. The Morgan fingerprint density at radius 3 is 2.90 bits per heavy atom. The Balaban J connectivity index is 2.07. The van der Waals surface area contributed by atoms with Crippen molar-refractivity contribution in [2.24, 2.45) is 0 Å². The molecule has 2 rings (SSSR count). The number of amides is 2. The van der Waals surface area contributed by atoms with Crippen LogP contribution < -0.4 is 0 Å². The van der Waals surface area contributed by atoms with Crippen LogP contribution in [-0.2, 0) is 11.3 Å². The molecule has 0 saturated carbocycles. The quantitative estimate of drug-likeness (QED) is 0.906. The van der Waals surface area contributed by atoms with Crippen molar-refractivity contribution in [1.82, 2.24) is 14.8 Å². The van der Waals surface area contributed by atoms with Gasteiger partial charge in [-0.15, -0.1) is 0 Å². The molecule has 0 unspecified atom stereocenters. The molecule has 6 heteroatoms. The molecular formula is C14H19N3O3. The Morgan fingerprint density at radius 2 is 2.30 bits per heavy atom.